The van der Waals surface area contributed by atoms with Crippen molar-refractivity contribution in [1.29, 1.82) is 0 Å². The van der Waals surface area contributed by atoms with Crippen LogP contribution in [0.5, 0.6) is 0 Å². The van der Waals surface area contributed by atoms with Crippen LogP contribution in [0.4, 0.5) is 5.69 Å². The monoisotopic (exact) mass is 345 g/mol. The zero-order valence-electron chi connectivity index (χ0n) is 11.7. The van der Waals surface area contributed by atoms with Crippen LogP contribution in [0.15, 0.2) is 59.1 Å². The fourth-order valence-corrected chi connectivity index (χ4v) is 2.44. The van der Waals surface area contributed by atoms with Crippen molar-refractivity contribution in [3.05, 3.63) is 70.2 Å². The van der Waals surface area contributed by atoms with Crippen molar-refractivity contribution in [2.24, 2.45) is 0 Å². The molecule has 0 saturated carbocycles. The summed E-state index contributed by atoms with van der Waals surface area (Å²) in [4.78, 5) is 12.8. The van der Waals surface area contributed by atoms with Crippen LogP contribution in [0.25, 0.3) is 6.08 Å². The summed E-state index contributed by atoms with van der Waals surface area (Å²) >= 11 is 3.46. The van der Waals surface area contributed by atoms with E-state index in [2.05, 4.69) is 33.0 Å². The molecule has 2 aromatic carbocycles. The third-order valence-electron chi connectivity index (χ3n) is 3.07. The van der Waals surface area contributed by atoms with E-state index in [-0.39, 0.29) is 0 Å². The molecule has 3 nitrogen and oxygen atoms in total. The fraction of sp³-hybridized carbons (Fsp3) is 0.118. The quantitative estimate of drug-likeness (QED) is 0.826. The van der Waals surface area contributed by atoms with Gasteiger partial charge in [-0.3, -0.25) is 0 Å². The van der Waals surface area contributed by atoms with Gasteiger partial charge in [0.05, 0.1) is 0 Å². The number of nitrogens with zero attached hydrogens (tertiary/aromatic N) is 1. The molecule has 21 heavy (non-hydrogen) atoms. The molecule has 0 atom stereocenters. The van der Waals surface area contributed by atoms with E-state index in [1.165, 1.54) is 5.56 Å². The fourth-order valence-electron chi connectivity index (χ4n) is 2.09. The van der Waals surface area contributed by atoms with E-state index >= 15 is 0 Å². The number of benzene rings is 2. The third kappa shape index (κ3) is 4.46. The van der Waals surface area contributed by atoms with Crippen LogP contribution >= 0.6 is 15.9 Å². The van der Waals surface area contributed by atoms with E-state index in [0.29, 0.717) is 0 Å². The molecule has 0 aliphatic rings. The Hall–Kier alpha value is -2.07. The molecular formula is C17H16BrNO2. The standard InChI is InChI=1S/C17H16BrNO2/c1-19(12-13-5-3-2-4-6-13)16-11-15(18)9-7-14(16)8-10-17(20)21/h2-11H,12H2,1H3,(H,20,21)/b10-8+. The summed E-state index contributed by atoms with van der Waals surface area (Å²) in [5, 5.41) is 8.78. The van der Waals surface area contributed by atoms with Crippen molar-refractivity contribution in [1.82, 2.24) is 0 Å². The molecule has 0 bridgehead atoms. The highest BCUT2D eigenvalue weighted by atomic mass is 79.9. The molecule has 0 aliphatic carbocycles. The number of carboxylic acids is 1. The van der Waals surface area contributed by atoms with Crippen LogP contribution in [0.1, 0.15) is 11.1 Å². The molecule has 0 amide bonds. The van der Waals surface area contributed by atoms with Crippen molar-refractivity contribution in [3.8, 4) is 0 Å². The first kappa shape index (κ1) is 15.3. The minimum Gasteiger partial charge on any atom is -0.478 e. The van der Waals surface area contributed by atoms with E-state index < -0.39 is 5.97 Å². The van der Waals surface area contributed by atoms with Gasteiger partial charge in [-0.15, -0.1) is 0 Å². The van der Waals surface area contributed by atoms with Gasteiger partial charge >= 0.3 is 5.97 Å². The minimum atomic E-state index is -0.949. The van der Waals surface area contributed by atoms with E-state index in [9.17, 15) is 4.79 Å². The van der Waals surface area contributed by atoms with E-state index in [1.807, 2.05) is 43.4 Å². The first-order valence-electron chi connectivity index (χ1n) is 6.52. The number of halogens is 1. The van der Waals surface area contributed by atoms with E-state index in [0.717, 1.165) is 28.3 Å². The van der Waals surface area contributed by atoms with Gasteiger partial charge in [0.2, 0.25) is 0 Å². The summed E-state index contributed by atoms with van der Waals surface area (Å²) in [6, 6.07) is 15.9. The van der Waals surface area contributed by atoms with Crippen molar-refractivity contribution >= 4 is 33.7 Å². The van der Waals surface area contributed by atoms with Gasteiger partial charge in [-0.2, -0.15) is 0 Å². The number of hydrogen-bond acceptors (Lipinski definition) is 2. The van der Waals surface area contributed by atoms with Gasteiger partial charge in [0.15, 0.2) is 0 Å². The molecule has 0 aliphatic heterocycles. The van der Waals surface area contributed by atoms with Gasteiger partial charge in [-0.1, -0.05) is 52.3 Å². The van der Waals surface area contributed by atoms with Crippen molar-refractivity contribution in [2.45, 2.75) is 6.54 Å². The molecule has 108 valence electrons. The number of anilines is 1. The molecule has 0 radical (unpaired) electrons. The first-order chi connectivity index (χ1) is 10.1. The second-order valence-corrected chi connectivity index (χ2v) is 5.63. The predicted octanol–water partition coefficient (Wildman–Crippen LogP) is 4.18. The van der Waals surface area contributed by atoms with Crippen LogP contribution in [0.3, 0.4) is 0 Å². The molecule has 2 rings (SSSR count). The lowest BCUT2D eigenvalue weighted by atomic mass is 10.1. The minimum absolute atomic E-state index is 0.755. The van der Waals surface area contributed by atoms with Crippen LogP contribution in [-0.4, -0.2) is 18.1 Å². The maximum Gasteiger partial charge on any atom is 0.328 e. The van der Waals surface area contributed by atoms with Crippen LogP contribution in [0, 0.1) is 0 Å². The zero-order chi connectivity index (χ0) is 15.2. The molecule has 4 heteroatoms. The third-order valence-corrected chi connectivity index (χ3v) is 3.57. The van der Waals surface area contributed by atoms with Crippen molar-refractivity contribution in [3.63, 3.8) is 0 Å². The number of carboxylic acid groups (broad SMARTS) is 1. The average molecular weight is 346 g/mol. The Morgan fingerprint density at radius 1 is 1.24 bits per heavy atom. The second kappa shape index (κ2) is 7.09. The maximum atomic E-state index is 10.7. The molecule has 0 aromatic heterocycles. The van der Waals surface area contributed by atoms with E-state index in [4.69, 9.17) is 5.11 Å². The lowest BCUT2D eigenvalue weighted by Gasteiger charge is -2.22. The molecule has 0 spiro atoms. The number of aliphatic carboxylic acids is 1. The van der Waals surface area contributed by atoms with Crippen LogP contribution in [-0.2, 0) is 11.3 Å². The van der Waals surface area contributed by atoms with E-state index in [1.54, 1.807) is 6.08 Å². The van der Waals surface area contributed by atoms with Gasteiger partial charge in [0.25, 0.3) is 0 Å². The molecule has 0 fully saturated rings. The summed E-state index contributed by atoms with van der Waals surface area (Å²) < 4.78 is 0.963. The molecule has 2 aromatic rings. The maximum absolute atomic E-state index is 10.7. The highest BCUT2D eigenvalue weighted by Gasteiger charge is 2.07. The average Bonchev–Trinajstić information content (AvgIpc) is 2.46. The Labute approximate surface area is 132 Å². The van der Waals surface area contributed by atoms with Gasteiger partial charge in [-0.25, -0.2) is 4.79 Å². The highest BCUT2D eigenvalue weighted by Crippen LogP contribution is 2.26. The largest absolute Gasteiger partial charge is 0.478 e. The van der Waals surface area contributed by atoms with Crippen LogP contribution < -0.4 is 4.90 Å². The number of rotatable bonds is 5. The Morgan fingerprint density at radius 3 is 2.62 bits per heavy atom. The SMILES string of the molecule is CN(Cc1ccccc1)c1cc(Br)ccc1/C=C/C(=O)O. The van der Waals surface area contributed by atoms with Gasteiger partial charge in [0, 0.05) is 29.8 Å². The van der Waals surface area contributed by atoms with Gasteiger partial charge in [-0.05, 0) is 29.3 Å². The molecule has 1 N–H and O–H groups in total. The molecule has 0 unspecified atom stereocenters. The summed E-state index contributed by atoms with van der Waals surface area (Å²) in [7, 11) is 1.99. The highest BCUT2D eigenvalue weighted by molar-refractivity contribution is 9.10. The Balaban J connectivity index is 2.28. The molecular weight excluding hydrogens is 330 g/mol. The Kier molecular flexibility index (Phi) is 5.17. The summed E-state index contributed by atoms with van der Waals surface area (Å²) in [5.74, 6) is -0.949. The molecule has 0 saturated heterocycles. The topological polar surface area (TPSA) is 40.5 Å². The summed E-state index contributed by atoms with van der Waals surface area (Å²) in [6.07, 6.45) is 2.77. The molecule has 0 heterocycles. The van der Waals surface area contributed by atoms with Gasteiger partial charge < -0.3 is 10.0 Å². The summed E-state index contributed by atoms with van der Waals surface area (Å²) in [6.45, 7) is 0.755. The van der Waals surface area contributed by atoms with Crippen LogP contribution in [0.2, 0.25) is 0 Å². The summed E-state index contributed by atoms with van der Waals surface area (Å²) in [5.41, 5.74) is 3.05. The lowest BCUT2D eigenvalue weighted by molar-refractivity contribution is -0.131. The van der Waals surface area contributed by atoms with Crippen molar-refractivity contribution < 1.29 is 9.90 Å². The normalized spacial score (nSPS) is 10.8. The van der Waals surface area contributed by atoms with Gasteiger partial charge in [0.1, 0.15) is 0 Å². The first-order valence-corrected chi connectivity index (χ1v) is 7.31. The second-order valence-electron chi connectivity index (χ2n) is 4.72. The zero-order valence-corrected chi connectivity index (χ0v) is 13.2. The Bertz CT molecular complexity index is 653. The smallest absolute Gasteiger partial charge is 0.328 e. The number of carbonyl (C=O) groups is 1. The predicted molar refractivity (Wildman–Crippen MR) is 89.4 cm³/mol. The van der Waals surface area contributed by atoms with Crippen molar-refractivity contribution in [2.75, 3.05) is 11.9 Å². The lowest BCUT2D eigenvalue weighted by Crippen LogP contribution is -2.17. The number of hydrogen-bond donors (Lipinski definition) is 1. The Morgan fingerprint density at radius 2 is 1.95 bits per heavy atom.